The second-order valence-corrected chi connectivity index (χ2v) is 10.1. The van der Waals surface area contributed by atoms with Gasteiger partial charge < -0.3 is 15.1 Å². The molecule has 0 spiro atoms. The first kappa shape index (κ1) is 23.2. The molecule has 0 radical (unpaired) electrons. The van der Waals surface area contributed by atoms with Gasteiger partial charge in [-0.25, -0.2) is 9.97 Å². The van der Waals surface area contributed by atoms with Crippen molar-refractivity contribution in [3.63, 3.8) is 0 Å². The third-order valence-electron chi connectivity index (χ3n) is 6.40. The predicted molar refractivity (Wildman–Crippen MR) is 148 cm³/mol. The number of anilines is 2. The lowest BCUT2D eigenvalue weighted by Gasteiger charge is -2.33. The van der Waals surface area contributed by atoms with Gasteiger partial charge >= 0.3 is 0 Å². The normalized spacial score (nSPS) is 14.8. The van der Waals surface area contributed by atoms with Gasteiger partial charge in [-0.3, -0.25) is 9.48 Å². The molecule has 35 heavy (non-hydrogen) atoms. The van der Waals surface area contributed by atoms with Crippen LogP contribution in [0.25, 0.3) is 21.9 Å². The fourth-order valence-electron chi connectivity index (χ4n) is 4.18. The van der Waals surface area contributed by atoms with Crippen molar-refractivity contribution in [2.75, 3.05) is 43.4 Å². The minimum atomic E-state index is -0.197. The van der Waals surface area contributed by atoms with Gasteiger partial charge in [0, 0.05) is 61.3 Å². The number of hydrogen-bond acceptors (Lipinski definition) is 6. The van der Waals surface area contributed by atoms with Crippen molar-refractivity contribution in [2.24, 2.45) is 0 Å². The smallest absolute Gasteiger partial charge is 0.257 e. The third kappa shape index (κ3) is 5.10. The average Bonchev–Trinajstić information content (AvgIpc) is 3.35. The average molecular weight is 463 g/mol. The maximum atomic E-state index is 13.0. The van der Waals surface area contributed by atoms with Crippen LogP contribution in [-0.4, -0.2) is 87.3 Å². The molecule has 1 saturated heterocycles. The van der Waals surface area contributed by atoms with Gasteiger partial charge in [0.15, 0.2) is 0 Å². The first-order valence-corrected chi connectivity index (χ1v) is 11.9. The summed E-state index contributed by atoms with van der Waals surface area (Å²) < 4.78 is 1.97. The highest BCUT2D eigenvalue weighted by atomic mass is 16.1. The lowest BCUT2D eigenvalue weighted by Crippen LogP contribution is -2.44. The monoisotopic (exact) mass is 463 g/mol. The van der Waals surface area contributed by atoms with Gasteiger partial charge in [0.2, 0.25) is 0 Å². The summed E-state index contributed by atoms with van der Waals surface area (Å²) in [7, 11) is 8.50. The summed E-state index contributed by atoms with van der Waals surface area (Å²) in [5.41, 5.74) is 2.69. The molecule has 0 saturated carbocycles. The van der Waals surface area contributed by atoms with Gasteiger partial charge in [0.1, 0.15) is 35.2 Å². The van der Waals surface area contributed by atoms with Crippen LogP contribution in [0.2, 0.25) is 0 Å². The van der Waals surface area contributed by atoms with Crippen molar-refractivity contribution in [3.05, 3.63) is 66.7 Å². The van der Waals surface area contributed by atoms with E-state index in [1.165, 1.54) is 0 Å². The molecule has 1 fully saturated rings. The van der Waals surface area contributed by atoms with E-state index in [0.29, 0.717) is 11.4 Å². The van der Waals surface area contributed by atoms with Crippen molar-refractivity contribution in [1.82, 2.24) is 24.6 Å². The van der Waals surface area contributed by atoms with Gasteiger partial charge in [-0.05, 0) is 47.5 Å². The first-order valence-electron chi connectivity index (χ1n) is 11.9. The van der Waals surface area contributed by atoms with Crippen molar-refractivity contribution < 1.29 is 4.79 Å². The number of pyridine rings is 2. The van der Waals surface area contributed by atoms with Crippen molar-refractivity contribution in [1.29, 1.82) is 0 Å². The van der Waals surface area contributed by atoms with Crippen molar-refractivity contribution >= 4 is 51.9 Å². The predicted octanol–water partition coefficient (Wildman–Crippen LogP) is -0.0355. The standard InChI is InChI=1S/C24H28B3N7O/c1-32-6-8-33(9-7-32)22-12-17(4-5-28-22)23(35)31-21-11-19-10-16(2-3-18(19)13-29-21)20-14-30-34(15-20)24(25,26)27/h2-5,10-15H,6-9,25-27H2,1H3,(H,29,31,35). The van der Waals surface area contributed by atoms with E-state index in [1.807, 2.05) is 29.1 Å². The molecule has 8 nitrogen and oxygen atoms in total. The minimum Gasteiger partial charge on any atom is -0.354 e. The number of piperazine rings is 1. The highest BCUT2D eigenvalue weighted by Crippen LogP contribution is 2.26. The van der Waals surface area contributed by atoms with Crippen LogP contribution < -0.4 is 10.2 Å². The lowest BCUT2D eigenvalue weighted by molar-refractivity contribution is 0.102. The van der Waals surface area contributed by atoms with Gasteiger partial charge in [0.05, 0.1) is 6.20 Å². The van der Waals surface area contributed by atoms with Crippen LogP contribution in [0.4, 0.5) is 11.6 Å². The Kier molecular flexibility index (Phi) is 6.11. The molecule has 1 aliphatic heterocycles. The van der Waals surface area contributed by atoms with E-state index in [0.717, 1.165) is 53.9 Å². The van der Waals surface area contributed by atoms with Crippen LogP contribution in [-0.2, 0) is 5.24 Å². The highest BCUT2D eigenvalue weighted by molar-refractivity contribution is 6.56. The summed E-state index contributed by atoms with van der Waals surface area (Å²) in [5, 5.41) is 9.40. The Labute approximate surface area is 208 Å². The molecule has 0 aliphatic carbocycles. The quantitative estimate of drug-likeness (QED) is 0.419. The first-order chi connectivity index (χ1) is 16.8. The number of benzene rings is 1. The molecule has 0 atom stereocenters. The van der Waals surface area contributed by atoms with E-state index in [2.05, 4.69) is 79.1 Å². The van der Waals surface area contributed by atoms with E-state index in [9.17, 15) is 4.79 Å². The Morgan fingerprint density at radius 1 is 0.943 bits per heavy atom. The van der Waals surface area contributed by atoms with Crippen LogP contribution in [0.1, 0.15) is 10.4 Å². The minimum absolute atomic E-state index is 0.0758. The number of hydrogen-bond donors (Lipinski definition) is 1. The van der Waals surface area contributed by atoms with Crippen LogP contribution >= 0.6 is 0 Å². The van der Waals surface area contributed by atoms with E-state index >= 15 is 0 Å². The van der Waals surface area contributed by atoms with Crippen LogP contribution in [0.5, 0.6) is 0 Å². The van der Waals surface area contributed by atoms with Gasteiger partial charge in [-0.15, -0.1) is 0 Å². The zero-order chi connectivity index (χ0) is 24.6. The molecule has 0 bridgehead atoms. The number of aromatic nitrogens is 4. The molecule has 1 aliphatic rings. The Morgan fingerprint density at radius 2 is 1.74 bits per heavy atom. The Morgan fingerprint density at radius 3 is 2.49 bits per heavy atom. The molecule has 1 amide bonds. The summed E-state index contributed by atoms with van der Waals surface area (Å²) in [6.45, 7) is 3.77. The summed E-state index contributed by atoms with van der Waals surface area (Å²) in [6, 6.07) is 11.7. The Hall–Kier alpha value is -3.59. The van der Waals surface area contributed by atoms with Gasteiger partial charge in [0.25, 0.3) is 5.91 Å². The molecule has 5 rings (SSSR count). The topological polar surface area (TPSA) is 79.2 Å². The number of carbonyl (C=O) groups excluding carboxylic acids is 1. The van der Waals surface area contributed by atoms with Gasteiger partial charge in [-0.1, -0.05) is 12.1 Å². The SMILES string of the molecule is BC(B)(B)n1cc(-c2ccc3cnc(NC(=O)c4ccnc(N5CCN(C)CC5)c4)cc3c2)cn1. The molecule has 11 heteroatoms. The van der Waals surface area contributed by atoms with Crippen LogP contribution in [0.3, 0.4) is 0 Å². The van der Waals surface area contributed by atoms with Crippen molar-refractivity contribution in [3.8, 4) is 11.1 Å². The molecule has 1 N–H and O–H groups in total. The fraction of sp³-hybridized carbons (Fsp3) is 0.250. The second kappa shape index (κ2) is 9.22. The number of fused-ring (bicyclic) bond motifs is 1. The number of likely N-dealkylation sites (N-methyl/N-ethyl adjacent to an activating group) is 1. The van der Waals surface area contributed by atoms with E-state index < -0.39 is 0 Å². The molecule has 0 unspecified atom stereocenters. The zero-order valence-corrected chi connectivity index (χ0v) is 20.7. The number of rotatable bonds is 5. The summed E-state index contributed by atoms with van der Waals surface area (Å²) in [5.74, 6) is 1.15. The molecular formula is C24H28B3N7O. The molecule has 174 valence electrons. The molecule has 4 heterocycles. The largest absolute Gasteiger partial charge is 0.354 e. The molecule has 4 aromatic rings. The highest BCUT2D eigenvalue weighted by Gasteiger charge is 2.18. The second-order valence-electron chi connectivity index (χ2n) is 10.1. The Balaban J connectivity index is 1.35. The number of amides is 1. The van der Waals surface area contributed by atoms with E-state index in [1.54, 1.807) is 18.5 Å². The fourth-order valence-corrected chi connectivity index (χ4v) is 4.18. The van der Waals surface area contributed by atoms with Crippen LogP contribution in [0, 0.1) is 0 Å². The maximum absolute atomic E-state index is 13.0. The third-order valence-corrected chi connectivity index (χ3v) is 6.40. The lowest BCUT2D eigenvalue weighted by atomic mass is 9.49. The molecule has 3 aromatic heterocycles. The van der Waals surface area contributed by atoms with Crippen molar-refractivity contribution in [2.45, 2.75) is 5.24 Å². The van der Waals surface area contributed by atoms with E-state index in [-0.39, 0.29) is 11.1 Å². The maximum Gasteiger partial charge on any atom is 0.257 e. The number of nitrogens with zero attached hydrogens (tertiary/aromatic N) is 6. The summed E-state index contributed by atoms with van der Waals surface area (Å²) in [4.78, 5) is 26.4. The molecular weight excluding hydrogens is 435 g/mol. The number of carbonyl (C=O) groups is 1. The van der Waals surface area contributed by atoms with E-state index in [4.69, 9.17) is 0 Å². The number of nitrogens with one attached hydrogen (secondary N) is 1. The Bertz CT molecular complexity index is 1380. The van der Waals surface area contributed by atoms with Crippen LogP contribution in [0.15, 0.2) is 61.2 Å². The summed E-state index contributed by atoms with van der Waals surface area (Å²) >= 11 is 0. The summed E-state index contributed by atoms with van der Waals surface area (Å²) in [6.07, 6.45) is 7.43. The zero-order valence-electron chi connectivity index (χ0n) is 20.7. The molecule has 1 aromatic carbocycles. The van der Waals surface area contributed by atoms with Gasteiger partial charge in [-0.2, -0.15) is 5.10 Å².